The van der Waals surface area contributed by atoms with Crippen LogP contribution in [-0.4, -0.2) is 34.9 Å². The van der Waals surface area contributed by atoms with Crippen LogP contribution in [0.3, 0.4) is 0 Å². The van der Waals surface area contributed by atoms with Gasteiger partial charge in [-0.2, -0.15) is 0 Å². The van der Waals surface area contributed by atoms with Crippen LogP contribution in [0.25, 0.3) is 27.8 Å². The van der Waals surface area contributed by atoms with Gasteiger partial charge in [0.1, 0.15) is 5.75 Å². The molecule has 142 valence electrons. The number of para-hydroxylation sites is 1. The number of rotatable bonds is 7. The van der Waals surface area contributed by atoms with E-state index in [1.807, 2.05) is 65.4 Å². The molecule has 0 atom stereocenters. The topological polar surface area (TPSA) is 69.1 Å². The molecule has 4 rings (SSSR count). The van der Waals surface area contributed by atoms with E-state index in [0.717, 1.165) is 29.0 Å². The van der Waals surface area contributed by atoms with Crippen LogP contribution in [0, 0.1) is 0 Å². The lowest BCUT2D eigenvalue weighted by atomic mass is 10.1. The summed E-state index contributed by atoms with van der Waals surface area (Å²) in [6.07, 6.45) is 4.23. The van der Waals surface area contributed by atoms with Crippen molar-refractivity contribution in [1.29, 1.82) is 0 Å². The third kappa shape index (κ3) is 3.54. The second-order valence-electron chi connectivity index (χ2n) is 6.40. The molecule has 0 bridgehead atoms. The minimum Gasteiger partial charge on any atom is -0.494 e. The number of methoxy groups -OCH3 is 1. The number of nitrogens with zero attached hydrogens (tertiary/aromatic N) is 2. The summed E-state index contributed by atoms with van der Waals surface area (Å²) in [7, 11) is 1.68. The summed E-state index contributed by atoms with van der Waals surface area (Å²) in [6.45, 7) is 1.27. The zero-order chi connectivity index (χ0) is 19.3. The highest BCUT2D eigenvalue weighted by molar-refractivity contribution is 5.94. The van der Waals surface area contributed by atoms with E-state index < -0.39 is 0 Å². The SMILES string of the molecule is COCCCOc1ccc(-c2cn(-c3ccccc3)c3nc[nH]c(=O)c23)cc1. The molecule has 0 aliphatic rings. The average Bonchev–Trinajstić information content (AvgIpc) is 3.13. The highest BCUT2D eigenvalue weighted by Crippen LogP contribution is 2.30. The highest BCUT2D eigenvalue weighted by atomic mass is 16.5. The first kappa shape index (κ1) is 18.0. The van der Waals surface area contributed by atoms with Crippen LogP contribution >= 0.6 is 0 Å². The van der Waals surface area contributed by atoms with Crippen molar-refractivity contribution in [3.05, 3.63) is 77.5 Å². The van der Waals surface area contributed by atoms with Crippen molar-refractivity contribution in [3.8, 4) is 22.6 Å². The second kappa shape index (κ2) is 8.10. The van der Waals surface area contributed by atoms with Gasteiger partial charge in [0.05, 0.1) is 18.3 Å². The largest absolute Gasteiger partial charge is 0.494 e. The van der Waals surface area contributed by atoms with Gasteiger partial charge in [-0.15, -0.1) is 0 Å². The Kier molecular flexibility index (Phi) is 5.21. The maximum absolute atomic E-state index is 12.5. The van der Waals surface area contributed by atoms with E-state index >= 15 is 0 Å². The van der Waals surface area contributed by atoms with Gasteiger partial charge < -0.3 is 19.0 Å². The Morgan fingerprint density at radius 3 is 2.57 bits per heavy atom. The van der Waals surface area contributed by atoms with Gasteiger partial charge >= 0.3 is 0 Å². The summed E-state index contributed by atoms with van der Waals surface area (Å²) < 4.78 is 12.7. The lowest BCUT2D eigenvalue weighted by molar-refractivity contribution is 0.172. The first-order valence-electron chi connectivity index (χ1n) is 9.14. The summed E-state index contributed by atoms with van der Waals surface area (Å²) in [6, 6.07) is 17.6. The Morgan fingerprint density at radius 1 is 1.04 bits per heavy atom. The number of nitrogens with one attached hydrogen (secondary N) is 1. The van der Waals surface area contributed by atoms with E-state index in [2.05, 4.69) is 9.97 Å². The standard InChI is InChI=1S/C22H21N3O3/c1-27-12-5-13-28-18-10-8-16(9-11-18)19-14-25(17-6-3-2-4-7-17)21-20(19)22(26)24-15-23-21/h2-4,6-11,14-15H,5,12-13H2,1H3,(H,23,24,26). The molecule has 2 heterocycles. The molecule has 28 heavy (non-hydrogen) atoms. The summed E-state index contributed by atoms with van der Waals surface area (Å²) in [5.74, 6) is 0.790. The minimum atomic E-state index is -0.158. The number of hydrogen-bond donors (Lipinski definition) is 1. The Hall–Kier alpha value is -3.38. The zero-order valence-electron chi connectivity index (χ0n) is 15.6. The van der Waals surface area contributed by atoms with Gasteiger partial charge in [-0.05, 0) is 29.8 Å². The Labute approximate surface area is 162 Å². The van der Waals surface area contributed by atoms with Crippen LogP contribution in [0.15, 0.2) is 71.9 Å². The van der Waals surface area contributed by atoms with E-state index in [1.54, 1.807) is 7.11 Å². The molecule has 0 saturated carbocycles. The van der Waals surface area contributed by atoms with Gasteiger partial charge in [-0.25, -0.2) is 4.98 Å². The first-order chi connectivity index (χ1) is 13.8. The number of ether oxygens (including phenoxy) is 2. The number of benzene rings is 2. The minimum absolute atomic E-state index is 0.158. The predicted molar refractivity (Wildman–Crippen MR) is 109 cm³/mol. The molecule has 2 aromatic heterocycles. The number of fused-ring (bicyclic) bond motifs is 1. The molecule has 0 radical (unpaired) electrons. The molecular weight excluding hydrogens is 354 g/mol. The molecule has 1 N–H and O–H groups in total. The van der Waals surface area contributed by atoms with Crippen molar-refractivity contribution in [1.82, 2.24) is 14.5 Å². The molecular formula is C22H21N3O3. The van der Waals surface area contributed by atoms with Gasteiger partial charge in [0.15, 0.2) is 5.65 Å². The maximum Gasteiger partial charge on any atom is 0.260 e. The van der Waals surface area contributed by atoms with Crippen LogP contribution in [0.2, 0.25) is 0 Å². The quantitative estimate of drug-likeness (QED) is 0.499. The second-order valence-corrected chi connectivity index (χ2v) is 6.40. The first-order valence-corrected chi connectivity index (χ1v) is 9.14. The van der Waals surface area contributed by atoms with E-state index in [-0.39, 0.29) is 5.56 Å². The number of hydrogen-bond acceptors (Lipinski definition) is 4. The lowest BCUT2D eigenvalue weighted by Crippen LogP contribution is -2.07. The Bertz CT molecular complexity index is 1120. The van der Waals surface area contributed by atoms with Gasteiger partial charge in [0.25, 0.3) is 5.56 Å². The highest BCUT2D eigenvalue weighted by Gasteiger charge is 2.15. The van der Waals surface area contributed by atoms with Crippen molar-refractivity contribution in [2.75, 3.05) is 20.3 Å². The fraction of sp³-hybridized carbons (Fsp3) is 0.182. The van der Waals surface area contributed by atoms with E-state index in [0.29, 0.717) is 24.2 Å². The van der Waals surface area contributed by atoms with E-state index in [9.17, 15) is 4.79 Å². The normalized spacial score (nSPS) is 11.0. The molecule has 0 fully saturated rings. The number of aromatic nitrogens is 3. The van der Waals surface area contributed by atoms with E-state index in [1.165, 1.54) is 6.33 Å². The summed E-state index contributed by atoms with van der Waals surface area (Å²) in [5, 5.41) is 0.570. The van der Waals surface area contributed by atoms with Crippen LogP contribution in [-0.2, 0) is 4.74 Å². The molecule has 0 unspecified atom stereocenters. The molecule has 0 saturated heterocycles. The van der Waals surface area contributed by atoms with Crippen molar-refractivity contribution in [2.24, 2.45) is 0 Å². The van der Waals surface area contributed by atoms with Crippen molar-refractivity contribution in [2.45, 2.75) is 6.42 Å². The summed E-state index contributed by atoms with van der Waals surface area (Å²) in [4.78, 5) is 19.6. The van der Waals surface area contributed by atoms with Gasteiger partial charge in [-0.1, -0.05) is 30.3 Å². The van der Waals surface area contributed by atoms with Crippen molar-refractivity contribution in [3.63, 3.8) is 0 Å². The third-order valence-electron chi connectivity index (χ3n) is 4.55. The lowest BCUT2D eigenvalue weighted by Gasteiger charge is -2.06. The molecule has 4 aromatic rings. The number of H-pyrrole nitrogens is 1. The fourth-order valence-corrected chi connectivity index (χ4v) is 3.20. The molecule has 6 heteroatoms. The maximum atomic E-state index is 12.5. The van der Waals surface area contributed by atoms with Crippen molar-refractivity contribution >= 4 is 11.0 Å². The summed E-state index contributed by atoms with van der Waals surface area (Å²) >= 11 is 0. The molecule has 0 aliphatic heterocycles. The average molecular weight is 375 g/mol. The van der Waals surface area contributed by atoms with Gasteiger partial charge in [-0.3, -0.25) is 4.79 Å². The fourth-order valence-electron chi connectivity index (χ4n) is 3.20. The third-order valence-corrected chi connectivity index (χ3v) is 4.55. The molecule has 0 spiro atoms. The molecule has 6 nitrogen and oxygen atoms in total. The van der Waals surface area contributed by atoms with E-state index in [4.69, 9.17) is 9.47 Å². The molecule has 0 amide bonds. The van der Waals surface area contributed by atoms with Crippen molar-refractivity contribution < 1.29 is 9.47 Å². The monoisotopic (exact) mass is 375 g/mol. The smallest absolute Gasteiger partial charge is 0.260 e. The Morgan fingerprint density at radius 2 is 1.82 bits per heavy atom. The van der Waals surface area contributed by atoms with Gasteiger partial charge in [0, 0.05) is 37.6 Å². The summed E-state index contributed by atoms with van der Waals surface area (Å²) in [5.41, 5.74) is 3.19. The van der Waals surface area contributed by atoms with Gasteiger partial charge in [0.2, 0.25) is 0 Å². The van der Waals surface area contributed by atoms with Crippen LogP contribution in [0.4, 0.5) is 0 Å². The van der Waals surface area contributed by atoms with Crippen LogP contribution < -0.4 is 10.3 Å². The Balaban J connectivity index is 1.72. The zero-order valence-corrected chi connectivity index (χ0v) is 15.6. The molecule has 0 aliphatic carbocycles. The van der Waals surface area contributed by atoms with Crippen LogP contribution in [0.5, 0.6) is 5.75 Å². The van der Waals surface area contributed by atoms with Crippen LogP contribution in [0.1, 0.15) is 6.42 Å². The molecule has 2 aromatic carbocycles. The number of aromatic amines is 1. The predicted octanol–water partition coefficient (Wildman–Crippen LogP) is 3.80.